The van der Waals surface area contributed by atoms with Gasteiger partial charge in [0.1, 0.15) is 12.0 Å². The van der Waals surface area contributed by atoms with Crippen LogP contribution in [0.1, 0.15) is 60.1 Å². The van der Waals surface area contributed by atoms with Crippen LogP contribution in [0, 0.1) is 18.3 Å². The van der Waals surface area contributed by atoms with Crippen LogP contribution in [0.25, 0.3) is 23.3 Å². The molecule has 0 bridgehead atoms. The zero-order valence-electron chi connectivity index (χ0n) is 20.8. The van der Waals surface area contributed by atoms with Gasteiger partial charge in [-0.2, -0.15) is 5.26 Å². The van der Waals surface area contributed by atoms with E-state index in [1.165, 1.54) is 22.8 Å². The highest BCUT2D eigenvalue weighted by Crippen LogP contribution is 2.38. The van der Waals surface area contributed by atoms with Gasteiger partial charge in [0, 0.05) is 0 Å². The van der Waals surface area contributed by atoms with Crippen LogP contribution < -0.4 is 4.74 Å². The molecule has 3 heteroatoms. The molecule has 0 saturated carbocycles. The van der Waals surface area contributed by atoms with Gasteiger partial charge in [-0.1, -0.05) is 74.5 Å². The van der Waals surface area contributed by atoms with Gasteiger partial charge in [0.05, 0.1) is 18.7 Å². The molecular weight excluding hydrogens is 430 g/mol. The van der Waals surface area contributed by atoms with E-state index in [0.717, 1.165) is 47.0 Å². The van der Waals surface area contributed by atoms with E-state index in [1.54, 1.807) is 19.3 Å². The smallest absolute Gasteiger partial charge is 0.142 e. The predicted octanol–water partition coefficient (Wildman–Crippen LogP) is 7.90. The average Bonchev–Trinajstić information content (AvgIpc) is 2.90. The molecule has 0 unspecified atom stereocenters. The van der Waals surface area contributed by atoms with E-state index >= 15 is 0 Å². The minimum absolute atomic E-state index is 0.593. The Hall–Kier alpha value is -4.16. The number of ether oxygens (including phenoxy) is 1. The highest BCUT2D eigenvalue weighted by molar-refractivity contribution is 6.01. The van der Waals surface area contributed by atoms with Crippen molar-refractivity contribution in [3.8, 4) is 11.8 Å². The first-order valence-corrected chi connectivity index (χ1v) is 11.9. The number of nitrogens with zero attached hydrogens (tertiary/aromatic N) is 1. The zero-order valence-corrected chi connectivity index (χ0v) is 20.8. The summed E-state index contributed by atoms with van der Waals surface area (Å²) in [6, 6.07) is 24.6. The lowest BCUT2D eigenvalue weighted by Crippen LogP contribution is -1.99. The minimum atomic E-state index is 0.593. The van der Waals surface area contributed by atoms with Gasteiger partial charge in [-0.3, -0.25) is 4.79 Å². The molecule has 0 aliphatic rings. The maximum atomic E-state index is 10.7. The molecule has 0 aromatic heterocycles. The lowest BCUT2D eigenvalue weighted by molar-refractivity contribution is -0.104. The number of hydrogen-bond acceptors (Lipinski definition) is 3. The van der Waals surface area contributed by atoms with Crippen molar-refractivity contribution in [2.24, 2.45) is 0 Å². The lowest BCUT2D eigenvalue weighted by atomic mass is 9.84. The van der Waals surface area contributed by atoms with Gasteiger partial charge < -0.3 is 4.74 Å². The third kappa shape index (κ3) is 6.05. The molecule has 0 fully saturated rings. The number of benzene rings is 3. The van der Waals surface area contributed by atoms with Gasteiger partial charge in [-0.15, -0.1) is 0 Å². The summed E-state index contributed by atoms with van der Waals surface area (Å²) in [5.41, 5.74) is 9.38. The number of aldehydes is 1. The average molecular weight is 462 g/mol. The van der Waals surface area contributed by atoms with E-state index in [1.807, 2.05) is 24.3 Å². The first-order chi connectivity index (χ1) is 17.1. The van der Waals surface area contributed by atoms with Crippen molar-refractivity contribution in [2.45, 2.75) is 33.6 Å². The van der Waals surface area contributed by atoms with Crippen molar-refractivity contribution in [1.29, 1.82) is 5.26 Å². The number of aryl methyl sites for hydroxylation is 1. The lowest BCUT2D eigenvalue weighted by Gasteiger charge is -2.20. The normalized spacial score (nSPS) is 12.3. The third-order valence-corrected chi connectivity index (χ3v) is 6.11. The summed E-state index contributed by atoms with van der Waals surface area (Å²) >= 11 is 0. The van der Waals surface area contributed by atoms with Crippen molar-refractivity contribution in [3.63, 3.8) is 0 Å². The third-order valence-electron chi connectivity index (χ3n) is 6.11. The molecule has 0 aliphatic heterocycles. The van der Waals surface area contributed by atoms with Crippen molar-refractivity contribution < 1.29 is 9.53 Å². The topological polar surface area (TPSA) is 50.1 Å². The quantitative estimate of drug-likeness (QED) is 0.141. The molecule has 0 saturated heterocycles. The van der Waals surface area contributed by atoms with E-state index in [0.29, 0.717) is 11.3 Å². The summed E-state index contributed by atoms with van der Waals surface area (Å²) in [5.74, 6) is 0.666. The summed E-state index contributed by atoms with van der Waals surface area (Å²) in [4.78, 5) is 10.7. The molecule has 3 aromatic rings. The number of methoxy groups -OCH3 is 1. The van der Waals surface area contributed by atoms with Crippen molar-refractivity contribution in [2.75, 3.05) is 7.11 Å². The summed E-state index contributed by atoms with van der Waals surface area (Å²) < 4.78 is 5.37. The highest BCUT2D eigenvalue weighted by Gasteiger charge is 2.17. The minimum Gasteiger partial charge on any atom is -0.497 e. The second-order valence-electron chi connectivity index (χ2n) is 8.23. The van der Waals surface area contributed by atoms with Crippen molar-refractivity contribution >= 4 is 29.6 Å². The molecule has 3 nitrogen and oxygen atoms in total. The van der Waals surface area contributed by atoms with Crippen LogP contribution in [-0.2, 0) is 4.79 Å². The number of carbonyl (C=O) groups is 1. The molecule has 3 aromatic carbocycles. The van der Waals surface area contributed by atoms with Crippen LogP contribution in [0.5, 0.6) is 5.75 Å². The summed E-state index contributed by atoms with van der Waals surface area (Å²) in [7, 11) is 1.61. The molecular formula is C32H31NO2. The number of allylic oxidation sites excluding steroid dienone is 4. The fraction of sp³-hybridized carbons (Fsp3) is 0.188. The van der Waals surface area contributed by atoms with Gasteiger partial charge in [-0.05, 0) is 88.6 Å². The molecule has 35 heavy (non-hydrogen) atoms. The van der Waals surface area contributed by atoms with E-state index in [9.17, 15) is 10.1 Å². The van der Waals surface area contributed by atoms with Crippen LogP contribution in [0.4, 0.5) is 0 Å². The number of hydrogen-bond donors (Lipinski definition) is 0. The maximum absolute atomic E-state index is 10.7. The Bertz CT molecular complexity index is 1320. The van der Waals surface area contributed by atoms with Crippen LogP contribution in [0.3, 0.4) is 0 Å². The SMILES string of the molecule is CC/C(=C(\C(=C\c1ccccc1C)CC)c1ccc(/C=C/C=O)cc1)c1ccc(OC)cc1C#N. The van der Waals surface area contributed by atoms with Gasteiger partial charge in [0.15, 0.2) is 0 Å². The number of rotatable bonds is 9. The first kappa shape index (κ1) is 25.5. The summed E-state index contributed by atoms with van der Waals surface area (Å²) in [6.45, 7) is 6.41. The van der Waals surface area contributed by atoms with Gasteiger partial charge in [-0.25, -0.2) is 0 Å². The second kappa shape index (κ2) is 12.3. The number of nitriles is 1. The number of carbonyl (C=O) groups excluding carboxylic acids is 1. The molecule has 0 spiro atoms. The molecule has 3 rings (SSSR count). The maximum Gasteiger partial charge on any atom is 0.142 e. The Labute approximate surface area is 208 Å². The Kier molecular flexibility index (Phi) is 8.98. The Morgan fingerprint density at radius 2 is 1.74 bits per heavy atom. The Morgan fingerprint density at radius 3 is 2.34 bits per heavy atom. The summed E-state index contributed by atoms with van der Waals surface area (Å²) in [5, 5.41) is 9.94. The molecule has 0 aliphatic carbocycles. The highest BCUT2D eigenvalue weighted by atomic mass is 16.5. The monoisotopic (exact) mass is 461 g/mol. The van der Waals surface area contributed by atoms with Crippen LogP contribution in [-0.4, -0.2) is 13.4 Å². The fourth-order valence-electron chi connectivity index (χ4n) is 4.26. The summed E-state index contributed by atoms with van der Waals surface area (Å²) in [6.07, 6.45) is 7.92. The van der Waals surface area contributed by atoms with E-state index in [4.69, 9.17) is 4.74 Å². The van der Waals surface area contributed by atoms with Crippen LogP contribution in [0.2, 0.25) is 0 Å². The Balaban J connectivity index is 2.33. The van der Waals surface area contributed by atoms with Crippen LogP contribution >= 0.6 is 0 Å². The van der Waals surface area contributed by atoms with Crippen molar-refractivity contribution in [1.82, 2.24) is 0 Å². The molecule has 0 atom stereocenters. The molecule has 0 N–H and O–H groups in total. The first-order valence-electron chi connectivity index (χ1n) is 11.9. The van der Waals surface area contributed by atoms with Crippen LogP contribution in [0.15, 0.2) is 78.4 Å². The fourth-order valence-corrected chi connectivity index (χ4v) is 4.26. The molecule has 0 heterocycles. The largest absolute Gasteiger partial charge is 0.497 e. The van der Waals surface area contributed by atoms with Crippen molar-refractivity contribution in [3.05, 3.63) is 112 Å². The molecule has 176 valence electrons. The van der Waals surface area contributed by atoms with E-state index < -0.39 is 0 Å². The standard InChI is InChI=1S/C32H31NO2/c1-5-25(20-27-12-8-7-10-23(27)3)32(26-15-13-24(14-16-26)11-9-19-34)30(6-2)31-18-17-29(35-4)21-28(31)22-33/h7-21H,5-6H2,1-4H3/b11-9+,25-20+,32-30-. The molecule has 0 amide bonds. The van der Waals surface area contributed by atoms with E-state index in [-0.39, 0.29) is 0 Å². The van der Waals surface area contributed by atoms with Gasteiger partial charge >= 0.3 is 0 Å². The second-order valence-corrected chi connectivity index (χ2v) is 8.23. The zero-order chi connectivity index (χ0) is 25.2. The van der Waals surface area contributed by atoms with E-state index in [2.05, 4.69) is 69.3 Å². The van der Waals surface area contributed by atoms with Gasteiger partial charge in [0.2, 0.25) is 0 Å². The predicted molar refractivity (Wildman–Crippen MR) is 146 cm³/mol. The molecule has 0 radical (unpaired) electrons. The Morgan fingerprint density at radius 1 is 1.00 bits per heavy atom. The van der Waals surface area contributed by atoms with Gasteiger partial charge in [0.25, 0.3) is 0 Å².